The minimum Gasteiger partial charge on any atom is -0.456 e. The van der Waals surface area contributed by atoms with Gasteiger partial charge in [-0.3, -0.25) is 4.57 Å². The number of para-hydroxylation sites is 6. The molecule has 0 aliphatic carbocycles. The van der Waals surface area contributed by atoms with Crippen LogP contribution < -0.4 is 0 Å². The Labute approximate surface area is 365 Å². The number of hydrogen-bond acceptors (Lipinski definition) is 4. The van der Waals surface area contributed by atoms with Gasteiger partial charge in [-0.05, 0) is 66.7 Å². The molecule has 0 aliphatic heterocycles. The molecule has 0 bridgehead atoms. The molecule has 5 heterocycles. The maximum absolute atomic E-state index is 6.25. The quantitative estimate of drug-likeness (QED) is 0.173. The second-order valence-electron chi connectivity index (χ2n) is 16.4. The van der Waals surface area contributed by atoms with Gasteiger partial charge in [-0.25, -0.2) is 4.98 Å². The van der Waals surface area contributed by atoms with Gasteiger partial charge in [0.1, 0.15) is 11.2 Å². The first-order valence-corrected chi connectivity index (χ1v) is 21.5. The van der Waals surface area contributed by atoms with Gasteiger partial charge in [0.2, 0.25) is 5.95 Å². The van der Waals surface area contributed by atoms with Crippen molar-refractivity contribution in [1.82, 2.24) is 28.7 Å². The summed E-state index contributed by atoms with van der Waals surface area (Å²) in [6.45, 7) is 0. The maximum atomic E-state index is 6.25. The van der Waals surface area contributed by atoms with E-state index in [9.17, 15) is 0 Å². The third-order valence-corrected chi connectivity index (χ3v) is 12.9. The van der Waals surface area contributed by atoms with Crippen molar-refractivity contribution in [3.8, 4) is 40.1 Å². The average Bonchev–Trinajstić information content (AvgIpc) is 4.10. The van der Waals surface area contributed by atoms with Crippen molar-refractivity contribution in [3.63, 3.8) is 0 Å². The predicted molar refractivity (Wildman–Crippen MR) is 261 cm³/mol. The molecule has 64 heavy (non-hydrogen) atoms. The molecule has 0 saturated heterocycles. The van der Waals surface area contributed by atoms with E-state index in [2.05, 4.69) is 171 Å². The molecule has 0 amide bonds. The van der Waals surface area contributed by atoms with Crippen molar-refractivity contribution in [2.24, 2.45) is 0 Å². The van der Waals surface area contributed by atoms with Gasteiger partial charge in [0.05, 0.1) is 38.8 Å². The SMILES string of the molecule is c1ccc(-c2nc(-c3ccc4oc5ccccc5c4c3)nc(-n3c4ccccc4c4c3cc(-n3c5ccccc5c5ccccc53)c3c5ccccc5n(-c5ccccc5)c34)n2)cc1. The number of fused-ring (bicyclic) bond motifs is 13. The smallest absolute Gasteiger partial charge is 0.238 e. The highest BCUT2D eigenvalue weighted by Gasteiger charge is 2.27. The minimum absolute atomic E-state index is 0.530. The van der Waals surface area contributed by atoms with Crippen LogP contribution in [0.3, 0.4) is 0 Å². The molecule has 0 fully saturated rings. The molecular weight excluding hydrogens is 785 g/mol. The van der Waals surface area contributed by atoms with Crippen LogP contribution in [0.25, 0.3) is 127 Å². The van der Waals surface area contributed by atoms with Crippen molar-refractivity contribution in [3.05, 3.63) is 206 Å². The molecule has 5 aromatic heterocycles. The molecule has 0 saturated carbocycles. The molecule has 7 nitrogen and oxygen atoms in total. The van der Waals surface area contributed by atoms with Gasteiger partial charge in [-0.2, -0.15) is 9.97 Å². The first-order valence-electron chi connectivity index (χ1n) is 21.5. The summed E-state index contributed by atoms with van der Waals surface area (Å²) in [6, 6.07) is 72.6. The van der Waals surface area contributed by atoms with E-state index in [4.69, 9.17) is 19.4 Å². The summed E-state index contributed by atoms with van der Waals surface area (Å²) >= 11 is 0. The highest BCUT2D eigenvalue weighted by Crippen LogP contribution is 2.46. The van der Waals surface area contributed by atoms with Crippen LogP contribution in [0.4, 0.5) is 0 Å². The second kappa shape index (κ2) is 13.3. The van der Waals surface area contributed by atoms with Gasteiger partial charge in [-0.1, -0.05) is 140 Å². The van der Waals surface area contributed by atoms with Crippen LogP contribution in [0.1, 0.15) is 0 Å². The van der Waals surface area contributed by atoms with Gasteiger partial charge in [-0.15, -0.1) is 0 Å². The Kier molecular flexibility index (Phi) is 7.27. The van der Waals surface area contributed by atoms with Crippen LogP contribution in [-0.2, 0) is 0 Å². The van der Waals surface area contributed by atoms with E-state index in [1.54, 1.807) is 0 Å². The highest BCUT2D eigenvalue weighted by molar-refractivity contribution is 6.29. The van der Waals surface area contributed by atoms with E-state index >= 15 is 0 Å². The Balaban J connectivity index is 1.17. The second-order valence-corrected chi connectivity index (χ2v) is 16.4. The fourth-order valence-corrected chi connectivity index (χ4v) is 10.2. The predicted octanol–water partition coefficient (Wildman–Crippen LogP) is 14.4. The molecule has 14 aromatic rings. The first-order chi connectivity index (χ1) is 31.8. The molecule has 14 rings (SSSR count). The van der Waals surface area contributed by atoms with E-state index in [0.717, 1.165) is 88.3 Å². The fourth-order valence-electron chi connectivity index (χ4n) is 10.2. The maximum Gasteiger partial charge on any atom is 0.238 e. The topological polar surface area (TPSA) is 66.6 Å². The van der Waals surface area contributed by atoms with Crippen molar-refractivity contribution in [2.75, 3.05) is 0 Å². The zero-order valence-electron chi connectivity index (χ0n) is 34.2. The fraction of sp³-hybridized carbons (Fsp3) is 0. The Morgan fingerprint density at radius 2 is 0.844 bits per heavy atom. The summed E-state index contributed by atoms with van der Waals surface area (Å²) in [5, 5.41) is 9.04. The zero-order chi connectivity index (χ0) is 41.9. The van der Waals surface area contributed by atoms with E-state index < -0.39 is 0 Å². The average molecular weight is 819 g/mol. The summed E-state index contributed by atoms with van der Waals surface area (Å²) in [6.07, 6.45) is 0. The van der Waals surface area contributed by atoms with Gasteiger partial charge in [0.25, 0.3) is 0 Å². The number of nitrogens with zero attached hydrogens (tertiary/aromatic N) is 6. The molecule has 9 aromatic carbocycles. The Morgan fingerprint density at radius 1 is 0.328 bits per heavy atom. The Bertz CT molecular complexity index is 4140. The van der Waals surface area contributed by atoms with Gasteiger partial charge in [0, 0.05) is 59.9 Å². The Hall–Kier alpha value is -8.81. The molecule has 7 heteroatoms. The summed E-state index contributed by atoms with van der Waals surface area (Å²) in [5.41, 5.74) is 12.1. The molecule has 0 radical (unpaired) electrons. The lowest BCUT2D eigenvalue weighted by atomic mass is 10.0. The van der Waals surface area contributed by atoms with Crippen LogP contribution in [0.15, 0.2) is 211 Å². The Morgan fingerprint density at radius 3 is 1.53 bits per heavy atom. The number of hydrogen-bond donors (Lipinski definition) is 0. The highest BCUT2D eigenvalue weighted by atomic mass is 16.3. The third kappa shape index (κ3) is 4.94. The number of aromatic nitrogens is 6. The van der Waals surface area contributed by atoms with Gasteiger partial charge in [0.15, 0.2) is 11.6 Å². The van der Waals surface area contributed by atoms with Crippen LogP contribution >= 0.6 is 0 Å². The summed E-state index contributed by atoms with van der Waals surface area (Å²) in [7, 11) is 0. The van der Waals surface area contributed by atoms with Crippen LogP contribution in [0, 0.1) is 0 Å². The van der Waals surface area contributed by atoms with Crippen LogP contribution in [-0.4, -0.2) is 28.7 Å². The molecule has 0 unspecified atom stereocenters. The van der Waals surface area contributed by atoms with Crippen LogP contribution in [0.5, 0.6) is 0 Å². The molecule has 0 N–H and O–H groups in total. The van der Waals surface area contributed by atoms with E-state index in [1.807, 2.05) is 48.5 Å². The third-order valence-electron chi connectivity index (χ3n) is 12.9. The first kappa shape index (κ1) is 34.9. The van der Waals surface area contributed by atoms with Crippen molar-refractivity contribution < 1.29 is 4.42 Å². The lowest BCUT2D eigenvalue weighted by molar-refractivity contribution is 0.669. The molecule has 0 atom stereocenters. The van der Waals surface area contributed by atoms with E-state index in [0.29, 0.717) is 17.6 Å². The summed E-state index contributed by atoms with van der Waals surface area (Å²) in [5.74, 6) is 1.69. The van der Waals surface area contributed by atoms with Crippen LogP contribution in [0.2, 0.25) is 0 Å². The summed E-state index contributed by atoms with van der Waals surface area (Å²) in [4.78, 5) is 16.0. The van der Waals surface area contributed by atoms with Crippen molar-refractivity contribution in [2.45, 2.75) is 0 Å². The molecule has 298 valence electrons. The molecule has 0 aliphatic rings. The number of benzene rings is 9. The normalized spacial score (nSPS) is 12.1. The zero-order valence-corrected chi connectivity index (χ0v) is 34.2. The van der Waals surface area contributed by atoms with Crippen molar-refractivity contribution in [1.29, 1.82) is 0 Å². The number of rotatable bonds is 5. The lowest BCUT2D eigenvalue weighted by Gasteiger charge is -2.15. The standard InChI is InChI=1S/C57H34N6O/c1-3-17-35(18-4-1)55-58-56(36-31-32-51-43(33-36)40-23-11-16-30-50(40)64-51)60-57(59-55)63-47-29-15-10-25-42(47)53-49(63)34-48(62-44-26-12-7-21-38(44)39-22-8-13-27-45(39)62)52-41-24-9-14-28-46(41)61(54(52)53)37-19-5-2-6-20-37/h1-34H. The monoisotopic (exact) mass is 818 g/mol. The number of furan rings is 1. The largest absolute Gasteiger partial charge is 0.456 e. The molecule has 0 spiro atoms. The van der Waals surface area contributed by atoms with Gasteiger partial charge < -0.3 is 13.6 Å². The van der Waals surface area contributed by atoms with Crippen molar-refractivity contribution >= 4 is 87.4 Å². The van der Waals surface area contributed by atoms with E-state index in [1.165, 1.54) is 21.5 Å². The summed E-state index contributed by atoms with van der Waals surface area (Å²) < 4.78 is 13.4. The van der Waals surface area contributed by atoms with E-state index in [-0.39, 0.29) is 0 Å². The lowest BCUT2D eigenvalue weighted by Crippen LogP contribution is -2.07. The molecular formula is C57H34N6O. The minimum atomic E-state index is 0.530. The van der Waals surface area contributed by atoms with Gasteiger partial charge >= 0.3 is 0 Å².